The first-order valence-electron chi connectivity index (χ1n) is 10.4. The molecular weight excluding hydrogens is 406 g/mol. The van der Waals surface area contributed by atoms with Crippen molar-refractivity contribution in [2.45, 2.75) is 37.9 Å². The van der Waals surface area contributed by atoms with Crippen LogP contribution in [0.5, 0.6) is 5.75 Å². The summed E-state index contributed by atoms with van der Waals surface area (Å²) in [6, 6.07) is 3.57. The van der Waals surface area contributed by atoms with E-state index < -0.39 is 17.5 Å². The number of benzene rings is 1. The molecular formula is C22H24F2N4O3. The fourth-order valence-electron chi connectivity index (χ4n) is 4.52. The van der Waals surface area contributed by atoms with E-state index in [1.807, 2.05) is 11.8 Å². The minimum atomic E-state index is -0.835. The maximum Gasteiger partial charge on any atom is 0.274 e. The van der Waals surface area contributed by atoms with Gasteiger partial charge in [0.15, 0.2) is 17.4 Å². The van der Waals surface area contributed by atoms with Gasteiger partial charge in [-0.3, -0.25) is 4.79 Å². The van der Waals surface area contributed by atoms with Crippen molar-refractivity contribution >= 4 is 17.5 Å². The van der Waals surface area contributed by atoms with E-state index in [2.05, 4.69) is 15.3 Å². The molecule has 7 nitrogen and oxygen atoms in total. The fraction of sp³-hybridized carbons (Fsp3) is 0.500. The van der Waals surface area contributed by atoms with Crippen LogP contribution in [-0.4, -0.2) is 47.8 Å². The maximum absolute atomic E-state index is 14.5. The maximum atomic E-state index is 14.5. The molecule has 1 N–H and O–H groups in total. The lowest BCUT2D eigenvalue weighted by Gasteiger charge is -2.46. The van der Waals surface area contributed by atoms with Gasteiger partial charge in [-0.2, -0.15) is 0 Å². The number of amides is 1. The highest BCUT2D eigenvalue weighted by Gasteiger charge is 2.47. The van der Waals surface area contributed by atoms with Crippen molar-refractivity contribution in [2.75, 3.05) is 30.4 Å². The number of anilines is 2. The number of hydrogen-bond acceptors (Lipinski definition) is 6. The molecule has 1 saturated heterocycles. The summed E-state index contributed by atoms with van der Waals surface area (Å²) in [6.07, 6.45) is 4.22. The summed E-state index contributed by atoms with van der Waals surface area (Å²) in [5, 5.41) is 2.50. The summed E-state index contributed by atoms with van der Waals surface area (Å²) in [5.74, 6) is -0.941. The average molecular weight is 430 g/mol. The molecule has 0 radical (unpaired) electrons. The second-order valence-corrected chi connectivity index (χ2v) is 8.94. The number of carbonyl (C=O) groups is 1. The van der Waals surface area contributed by atoms with Crippen LogP contribution in [0.2, 0.25) is 0 Å². The quantitative estimate of drug-likeness (QED) is 0.757. The predicted octanol–water partition coefficient (Wildman–Crippen LogP) is 3.41. The highest BCUT2D eigenvalue weighted by atomic mass is 19.1. The van der Waals surface area contributed by atoms with E-state index in [9.17, 15) is 13.6 Å². The highest BCUT2D eigenvalue weighted by Crippen LogP contribution is 2.52. The molecule has 0 bridgehead atoms. The lowest BCUT2D eigenvalue weighted by molar-refractivity contribution is -0.0175. The number of ether oxygens (including phenoxy) is 2. The van der Waals surface area contributed by atoms with Crippen molar-refractivity contribution in [3.05, 3.63) is 41.7 Å². The van der Waals surface area contributed by atoms with Gasteiger partial charge in [0.05, 0.1) is 19.2 Å². The first kappa shape index (κ1) is 20.1. The normalized spacial score (nSPS) is 25.5. The van der Waals surface area contributed by atoms with Crippen LogP contribution in [0.15, 0.2) is 24.4 Å². The van der Waals surface area contributed by atoms with E-state index in [1.165, 1.54) is 18.7 Å². The van der Waals surface area contributed by atoms with Gasteiger partial charge in [-0.05, 0) is 44.1 Å². The van der Waals surface area contributed by atoms with Crippen LogP contribution in [-0.2, 0) is 4.74 Å². The molecule has 5 rings (SSSR count). The Morgan fingerprint density at radius 2 is 1.87 bits per heavy atom. The number of rotatable bonds is 6. The minimum absolute atomic E-state index is 0.00214. The number of hydrogen-bond donors (Lipinski definition) is 1. The second kappa shape index (κ2) is 7.40. The molecule has 1 amide bonds. The number of carbonyl (C=O) groups excluding carboxylic acids is 1. The number of halogens is 2. The van der Waals surface area contributed by atoms with Crippen molar-refractivity contribution < 1.29 is 23.0 Å². The van der Waals surface area contributed by atoms with E-state index in [0.29, 0.717) is 30.9 Å². The Bertz CT molecular complexity index is 995. The Morgan fingerprint density at radius 3 is 2.52 bits per heavy atom. The SMILES string of the molecule is COC1(C)CN(c2nccc(C(=O)Nc3cc(F)c(OC4CC5CC5C4)c(F)c3)n2)C1. The Kier molecular flexibility index (Phi) is 4.80. The Labute approximate surface area is 178 Å². The number of methoxy groups -OCH3 is 1. The molecule has 1 aromatic heterocycles. The van der Waals surface area contributed by atoms with Crippen LogP contribution >= 0.6 is 0 Å². The van der Waals surface area contributed by atoms with Crippen molar-refractivity contribution in [2.24, 2.45) is 11.8 Å². The molecule has 2 unspecified atom stereocenters. The molecule has 2 aromatic rings. The van der Waals surface area contributed by atoms with Crippen molar-refractivity contribution in [3.8, 4) is 5.75 Å². The topological polar surface area (TPSA) is 76.6 Å². The smallest absolute Gasteiger partial charge is 0.274 e. The molecule has 31 heavy (non-hydrogen) atoms. The summed E-state index contributed by atoms with van der Waals surface area (Å²) < 4.78 is 40.0. The third kappa shape index (κ3) is 3.94. The van der Waals surface area contributed by atoms with Crippen LogP contribution in [0.25, 0.3) is 0 Å². The van der Waals surface area contributed by atoms with E-state index >= 15 is 0 Å². The standard InChI is InChI=1S/C22H24F2N4O3/c1-22(30-2)10-28(11-22)21-25-4-3-18(27-21)20(29)26-14-8-16(23)19(17(24)9-14)31-15-6-12-5-13(12)7-15/h3-4,8-9,12-13,15H,5-7,10-11H2,1-2H3,(H,26,29). The Hall–Kier alpha value is -2.81. The summed E-state index contributed by atoms with van der Waals surface area (Å²) in [4.78, 5) is 22.9. The predicted molar refractivity (Wildman–Crippen MR) is 109 cm³/mol. The van der Waals surface area contributed by atoms with Crippen molar-refractivity contribution in [3.63, 3.8) is 0 Å². The Morgan fingerprint density at radius 1 is 1.19 bits per heavy atom. The third-order valence-corrected chi connectivity index (χ3v) is 6.44. The lowest BCUT2D eigenvalue weighted by atomic mass is 9.97. The fourth-order valence-corrected chi connectivity index (χ4v) is 4.52. The summed E-state index contributed by atoms with van der Waals surface area (Å²) in [7, 11) is 1.65. The number of fused-ring (bicyclic) bond motifs is 1. The number of nitrogens with zero attached hydrogens (tertiary/aromatic N) is 3. The van der Waals surface area contributed by atoms with Crippen LogP contribution in [0, 0.1) is 23.5 Å². The minimum Gasteiger partial charge on any atom is -0.484 e. The Balaban J connectivity index is 1.25. The summed E-state index contributed by atoms with van der Waals surface area (Å²) in [5.41, 5.74) is -0.167. The van der Waals surface area contributed by atoms with E-state index in [4.69, 9.17) is 9.47 Å². The lowest BCUT2D eigenvalue weighted by Crippen LogP contribution is -2.61. The second-order valence-electron chi connectivity index (χ2n) is 8.94. The molecule has 2 aliphatic carbocycles. The summed E-state index contributed by atoms with van der Waals surface area (Å²) >= 11 is 0. The molecule has 1 aliphatic heterocycles. The van der Waals surface area contributed by atoms with Gasteiger partial charge < -0.3 is 19.7 Å². The number of aromatic nitrogens is 2. The average Bonchev–Trinajstić information content (AvgIpc) is 3.34. The zero-order valence-electron chi connectivity index (χ0n) is 17.4. The zero-order chi connectivity index (χ0) is 21.8. The van der Waals surface area contributed by atoms with E-state index in [0.717, 1.165) is 25.0 Å². The molecule has 3 aliphatic rings. The monoisotopic (exact) mass is 430 g/mol. The molecule has 2 atom stereocenters. The van der Waals surface area contributed by atoms with Gasteiger partial charge in [0.2, 0.25) is 5.95 Å². The van der Waals surface area contributed by atoms with Crippen LogP contribution in [0.4, 0.5) is 20.4 Å². The van der Waals surface area contributed by atoms with Crippen LogP contribution in [0.1, 0.15) is 36.7 Å². The van der Waals surface area contributed by atoms with Crippen LogP contribution < -0.4 is 15.0 Å². The zero-order valence-corrected chi connectivity index (χ0v) is 17.4. The summed E-state index contributed by atoms with van der Waals surface area (Å²) in [6.45, 7) is 3.19. The highest BCUT2D eigenvalue weighted by molar-refractivity contribution is 6.03. The molecule has 0 spiro atoms. The van der Waals surface area contributed by atoms with E-state index in [-0.39, 0.29) is 28.8 Å². The van der Waals surface area contributed by atoms with Crippen molar-refractivity contribution in [1.29, 1.82) is 0 Å². The molecule has 2 heterocycles. The molecule has 2 saturated carbocycles. The third-order valence-electron chi connectivity index (χ3n) is 6.44. The largest absolute Gasteiger partial charge is 0.484 e. The van der Waals surface area contributed by atoms with Gasteiger partial charge in [-0.1, -0.05) is 0 Å². The molecule has 9 heteroatoms. The number of nitrogens with one attached hydrogen (secondary N) is 1. The van der Waals surface area contributed by atoms with Crippen molar-refractivity contribution in [1.82, 2.24) is 9.97 Å². The molecule has 3 fully saturated rings. The first-order valence-corrected chi connectivity index (χ1v) is 10.4. The van der Waals surface area contributed by atoms with Gasteiger partial charge in [-0.15, -0.1) is 0 Å². The van der Waals surface area contributed by atoms with Gasteiger partial charge in [0.25, 0.3) is 5.91 Å². The first-order chi connectivity index (χ1) is 14.8. The van der Waals surface area contributed by atoms with Gasteiger partial charge >= 0.3 is 0 Å². The van der Waals surface area contributed by atoms with Gasteiger partial charge in [-0.25, -0.2) is 18.7 Å². The van der Waals surface area contributed by atoms with Crippen LogP contribution in [0.3, 0.4) is 0 Å². The van der Waals surface area contributed by atoms with Gasteiger partial charge in [0, 0.05) is 31.1 Å². The van der Waals surface area contributed by atoms with Gasteiger partial charge in [0.1, 0.15) is 11.3 Å². The molecule has 164 valence electrons. The van der Waals surface area contributed by atoms with E-state index in [1.54, 1.807) is 7.11 Å². The molecule has 1 aromatic carbocycles.